The van der Waals surface area contributed by atoms with Crippen molar-refractivity contribution in [3.8, 4) is 11.5 Å². The van der Waals surface area contributed by atoms with Crippen LogP contribution in [0.1, 0.15) is 16.7 Å². The fourth-order valence-electron chi connectivity index (χ4n) is 3.42. The fourth-order valence-corrected chi connectivity index (χ4v) is 4.31. The van der Waals surface area contributed by atoms with Gasteiger partial charge in [0.15, 0.2) is 11.5 Å². The lowest BCUT2D eigenvalue weighted by Crippen LogP contribution is -2.15. The predicted octanol–water partition coefficient (Wildman–Crippen LogP) is 3.94. The standard InChI is InChI=1S/C23H23N3O4S/c1-14-5-7-16(8-6-14)26-21(31-22(25-26)23(27)30-4)13-18-17-12-20(29-3)19(28-2)11-15(17)9-10-24-18/h5-8,11-13H,9-10H2,1-4H3. The summed E-state index contributed by atoms with van der Waals surface area (Å²) in [5, 5.41) is 7.28. The van der Waals surface area contributed by atoms with Crippen LogP contribution in [0.3, 0.4) is 0 Å². The van der Waals surface area contributed by atoms with Crippen molar-refractivity contribution in [2.24, 2.45) is 10.1 Å². The van der Waals surface area contributed by atoms with Crippen LogP contribution in [-0.2, 0) is 16.0 Å². The molecule has 0 amide bonds. The summed E-state index contributed by atoms with van der Waals surface area (Å²) in [7, 11) is 4.60. The molecule has 8 heteroatoms. The van der Waals surface area contributed by atoms with Crippen molar-refractivity contribution < 1.29 is 19.0 Å². The Kier molecular flexibility index (Phi) is 5.99. The molecular weight excluding hydrogens is 414 g/mol. The van der Waals surface area contributed by atoms with Crippen molar-refractivity contribution in [2.45, 2.75) is 13.3 Å². The molecule has 0 saturated heterocycles. The number of hydrazone groups is 1. The van der Waals surface area contributed by atoms with Gasteiger partial charge in [0.1, 0.15) is 5.03 Å². The number of hydrogen-bond acceptors (Lipinski definition) is 8. The number of thioether (sulfide) groups is 1. The monoisotopic (exact) mass is 437 g/mol. The van der Waals surface area contributed by atoms with Gasteiger partial charge >= 0.3 is 5.97 Å². The summed E-state index contributed by atoms with van der Waals surface area (Å²) in [4.78, 5) is 16.9. The summed E-state index contributed by atoms with van der Waals surface area (Å²) in [6.07, 6.45) is 2.77. The summed E-state index contributed by atoms with van der Waals surface area (Å²) >= 11 is 1.26. The van der Waals surface area contributed by atoms with Crippen molar-refractivity contribution in [3.63, 3.8) is 0 Å². The highest BCUT2D eigenvalue weighted by Gasteiger charge is 2.29. The predicted molar refractivity (Wildman–Crippen MR) is 123 cm³/mol. The van der Waals surface area contributed by atoms with E-state index in [1.807, 2.05) is 49.4 Å². The maximum absolute atomic E-state index is 12.1. The van der Waals surface area contributed by atoms with Gasteiger partial charge in [0.05, 0.1) is 32.7 Å². The third-order valence-corrected chi connectivity index (χ3v) is 5.99. The Hall–Kier alpha value is -3.26. The molecular formula is C23H23N3O4S. The molecule has 0 fully saturated rings. The maximum Gasteiger partial charge on any atom is 0.365 e. The summed E-state index contributed by atoms with van der Waals surface area (Å²) in [6.45, 7) is 2.69. The molecule has 2 heterocycles. The summed E-state index contributed by atoms with van der Waals surface area (Å²) < 4.78 is 15.8. The minimum Gasteiger partial charge on any atom is -0.493 e. The van der Waals surface area contributed by atoms with E-state index in [2.05, 4.69) is 5.10 Å². The van der Waals surface area contributed by atoms with Gasteiger partial charge in [-0.15, -0.1) is 0 Å². The molecule has 160 valence electrons. The number of benzene rings is 2. The van der Waals surface area contributed by atoms with E-state index >= 15 is 0 Å². The number of esters is 1. The lowest BCUT2D eigenvalue weighted by atomic mass is 9.96. The normalized spacial score (nSPS) is 16.5. The lowest BCUT2D eigenvalue weighted by molar-refractivity contribution is -0.132. The average molecular weight is 438 g/mol. The van der Waals surface area contributed by atoms with Crippen molar-refractivity contribution in [2.75, 3.05) is 32.9 Å². The molecule has 31 heavy (non-hydrogen) atoms. The number of ether oxygens (including phenoxy) is 3. The van der Waals surface area contributed by atoms with Crippen molar-refractivity contribution in [3.05, 3.63) is 64.2 Å². The third-order valence-electron chi connectivity index (χ3n) is 5.05. The first-order valence-electron chi connectivity index (χ1n) is 9.77. The Balaban J connectivity index is 1.76. The Morgan fingerprint density at radius 1 is 1.10 bits per heavy atom. The topological polar surface area (TPSA) is 72.7 Å². The minimum atomic E-state index is -0.470. The van der Waals surface area contributed by atoms with Gasteiger partial charge in [0.2, 0.25) is 5.04 Å². The van der Waals surface area contributed by atoms with Crippen LogP contribution in [0.25, 0.3) is 0 Å². The van der Waals surface area contributed by atoms with Crippen LogP contribution in [0.5, 0.6) is 11.5 Å². The first kappa shape index (κ1) is 21.0. The molecule has 0 atom stereocenters. The lowest BCUT2D eigenvalue weighted by Gasteiger charge is -2.20. The van der Waals surface area contributed by atoms with E-state index in [1.165, 1.54) is 18.9 Å². The van der Waals surface area contributed by atoms with Crippen LogP contribution in [0.15, 0.2) is 57.6 Å². The first-order chi connectivity index (χ1) is 15.0. The minimum absolute atomic E-state index is 0.276. The quantitative estimate of drug-likeness (QED) is 0.660. The number of aryl methyl sites for hydroxylation is 1. The number of fused-ring (bicyclic) bond motifs is 1. The molecule has 2 aliphatic rings. The number of carbonyl (C=O) groups is 1. The first-order valence-corrected chi connectivity index (χ1v) is 10.6. The van der Waals surface area contributed by atoms with Gasteiger partial charge in [-0.25, -0.2) is 9.80 Å². The van der Waals surface area contributed by atoms with Crippen LogP contribution < -0.4 is 14.5 Å². The van der Waals surface area contributed by atoms with Crippen molar-refractivity contribution in [1.82, 2.24) is 0 Å². The maximum atomic E-state index is 12.1. The molecule has 7 nitrogen and oxygen atoms in total. The largest absolute Gasteiger partial charge is 0.493 e. The van der Waals surface area contributed by atoms with E-state index in [0.29, 0.717) is 18.0 Å². The van der Waals surface area contributed by atoms with Gasteiger partial charge in [-0.1, -0.05) is 17.7 Å². The highest BCUT2D eigenvalue weighted by atomic mass is 32.2. The molecule has 0 saturated carbocycles. The zero-order valence-corrected chi connectivity index (χ0v) is 18.7. The number of nitrogens with zero attached hydrogens (tertiary/aromatic N) is 3. The van der Waals surface area contributed by atoms with Gasteiger partial charge in [0, 0.05) is 12.1 Å². The van der Waals surface area contributed by atoms with Gasteiger partial charge in [-0.05, 0) is 61.0 Å². The van der Waals surface area contributed by atoms with Crippen LogP contribution in [0, 0.1) is 6.92 Å². The van der Waals surface area contributed by atoms with Gasteiger partial charge in [-0.2, -0.15) is 5.10 Å². The van der Waals surface area contributed by atoms with Gasteiger partial charge < -0.3 is 14.2 Å². The number of aliphatic imine (C=N–C) groups is 1. The van der Waals surface area contributed by atoms with Crippen LogP contribution in [0.4, 0.5) is 5.69 Å². The molecule has 0 aliphatic carbocycles. The number of methoxy groups -OCH3 is 3. The molecule has 0 aromatic heterocycles. The van der Waals surface area contributed by atoms with Crippen molar-refractivity contribution in [1.29, 1.82) is 0 Å². The van der Waals surface area contributed by atoms with E-state index in [1.54, 1.807) is 19.2 Å². The van der Waals surface area contributed by atoms with E-state index in [0.717, 1.165) is 39.5 Å². The number of rotatable bonds is 5. The molecule has 2 aliphatic heterocycles. The van der Waals surface area contributed by atoms with Crippen LogP contribution >= 0.6 is 11.8 Å². The highest BCUT2D eigenvalue weighted by molar-refractivity contribution is 8.19. The summed E-state index contributed by atoms with van der Waals surface area (Å²) in [5.41, 5.74) is 4.92. The van der Waals surface area contributed by atoms with Gasteiger partial charge in [0.25, 0.3) is 0 Å². The fraction of sp³-hybridized carbons (Fsp3) is 0.261. The van der Waals surface area contributed by atoms with Crippen molar-refractivity contribution >= 4 is 34.2 Å². The molecule has 0 spiro atoms. The summed E-state index contributed by atoms with van der Waals surface area (Å²) in [5.74, 6) is 0.876. The van der Waals surface area contributed by atoms with E-state index in [9.17, 15) is 4.79 Å². The zero-order chi connectivity index (χ0) is 22.0. The SMILES string of the molecule is COC(=O)C1=NN(c2ccc(C)cc2)C(=CC2=NCCc3cc(OC)c(OC)cc32)S1. The van der Waals surface area contributed by atoms with Gasteiger partial charge in [-0.3, -0.25) is 4.99 Å². The molecule has 0 unspecified atom stereocenters. The number of anilines is 1. The van der Waals surface area contributed by atoms with E-state index < -0.39 is 5.97 Å². The molecule has 0 bridgehead atoms. The number of carbonyl (C=O) groups excluding carboxylic acids is 1. The van der Waals surface area contributed by atoms with E-state index in [4.69, 9.17) is 19.2 Å². The summed E-state index contributed by atoms with van der Waals surface area (Å²) in [6, 6.07) is 11.9. The molecule has 2 aromatic rings. The Morgan fingerprint density at radius 2 is 1.81 bits per heavy atom. The van der Waals surface area contributed by atoms with Crippen LogP contribution in [-0.4, -0.2) is 44.6 Å². The Bertz CT molecular complexity index is 1110. The Morgan fingerprint density at radius 3 is 2.48 bits per heavy atom. The van der Waals surface area contributed by atoms with Crippen LogP contribution in [0.2, 0.25) is 0 Å². The number of hydrogen-bond donors (Lipinski definition) is 0. The second kappa shape index (κ2) is 8.85. The smallest absolute Gasteiger partial charge is 0.365 e. The average Bonchev–Trinajstić information content (AvgIpc) is 3.22. The highest BCUT2D eigenvalue weighted by Crippen LogP contribution is 2.37. The molecule has 2 aromatic carbocycles. The molecule has 0 N–H and O–H groups in total. The second-order valence-electron chi connectivity index (χ2n) is 7.01. The molecule has 0 radical (unpaired) electrons. The Labute approximate surface area is 185 Å². The number of allylic oxidation sites excluding steroid dienone is 1. The van der Waals surface area contributed by atoms with E-state index in [-0.39, 0.29) is 5.04 Å². The second-order valence-corrected chi connectivity index (χ2v) is 8.02. The third kappa shape index (κ3) is 4.16. The zero-order valence-electron chi connectivity index (χ0n) is 17.8. The molecule has 4 rings (SSSR count).